The van der Waals surface area contributed by atoms with E-state index in [9.17, 15) is 4.79 Å². The summed E-state index contributed by atoms with van der Waals surface area (Å²) in [5.74, 6) is -0.157. The van der Waals surface area contributed by atoms with Gasteiger partial charge in [0.15, 0.2) is 0 Å². The van der Waals surface area contributed by atoms with Crippen molar-refractivity contribution >= 4 is 11.6 Å². The van der Waals surface area contributed by atoms with Crippen LogP contribution >= 0.6 is 0 Å². The molecule has 0 fully saturated rings. The van der Waals surface area contributed by atoms with E-state index < -0.39 is 0 Å². The van der Waals surface area contributed by atoms with Crippen molar-refractivity contribution in [1.29, 1.82) is 0 Å². The zero-order valence-electron chi connectivity index (χ0n) is 7.74. The van der Waals surface area contributed by atoms with E-state index in [0.717, 1.165) is 0 Å². The summed E-state index contributed by atoms with van der Waals surface area (Å²) in [6.45, 7) is 3.80. The minimum absolute atomic E-state index is 0.111. The third-order valence-corrected chi connectivity index (χ3v) is 1.52. The molecule has 0 aliphatic carbocycles. The Hall–Kier alpha value is -1.58. The highest BCUT2D eigenvalue weighted by Gasteiger charge is 2.09. The van der Waals surface area contributed by atoms with E-state index in [-0.39, 0.29) is 11.9 Å². The molecule has 0 saturated carbocycles. The van der Waals surface area contributed by atoms with Crippen LogP contribution in [-0.2, 0) is 0 Å². The van der Waals surface area contributed by atoms with Crippen molar-refractivity contribution in [2.75, 3.05) is 5.73 Å². The number of hydrogen-bond donors (Lipinski definition) is 2. The number of carbonyl (C=O) groups excluding carboxylic acids is 1. The summed E-state index contributed by atoms with van der Waals surface area (Å²) in [5, 5.41) is 2.75. The number of carbonyl (C=O) groups is 1. The van der Waals surface area contributed by atoms with Gasteiger partial charge in [0.05, 0.1) is 17.4 Å². The summed E-state index contributed by atoms with van der Waals surface area (Å²) in [7, 11) is 0. The molecule has 0 aliphatic heterocycles. The molecule has 0 bridgehead atoms. The second-order valence-electron chi connectivity index (χ2n) is 3.09. The van der Waals surface area contributed by atoms with Crippen molar-refractivity contribution in [3.05, 3.63) is 24.0 Å². The number of nitrogens with two attached hydrogens (primary N) is 1. The Balaban J connectivity index is 2.83. The Bertz CT molecular complexity index is 309. The van der Waals surface area contributed by atoms with Crippen LogP contribution in [0.5, 0.6) is 0 Å². The SMILES string of the molecule is CC(C)NC(=O)c1ccncc1N. The van der Waals surface area contributed by atoms with E-state index >= 15 is 0 Å². The molecular formula is C9H13N3O. The molecule has 0 aromatic carbocycles. The minimum Gasteiger partial charge on any atom is -0.397 e. The molecule has 3 N–H and O–H groups in total. The number of nitrogens with zero attached hydrogens (tertiary/aromatic N) is 1. The van der Waals surface area contributed by atoms with Crippen LogP contribution in [-0.4, -0.2) is 16.9 Å². The lowest BCUT2D eigenvalue weighted by Gasteiger charge is -2.09. The van der Waals surface area contributed by atoms with E-state index in [0.29, 0.717) is 11.3 Å². The average molecular weight is 179 g/mol. The first-order chi connectivity index (χ1) is 6.11. The molecule has 13 heavy (non-hydrogen) atoms. The number of hydrogen-bond acceptors (Lipinski definition) is 3. The number of rotatable bonds is 2. The number of pyridine rings is 1. The summed E-state index contributed by atoms with van der Waals surface area (Å²) in [6.07, 6.45) is 3.01. The Kier molecular flexibility index (Phi) is 2.84. The van der Waals surface area contributed by atoms with Crippen LogP contribution in [0.3, 0.4) is 0 Å². The summed E-state index contributed by atoms with van der Waals surface area (Å²) in [5.41, 5.74) is 6.45. The Morgan fingerprint density at radius 1 is 1.62 bits per heavy atom. The van der Waals surface area contributed by atoms with Crippen molar-refractivity contribution in [1.82, 2.24) is 10.3 Å². The third kappa shape index (κ3) is 2.43. The Morgan fingerprint density at radius 3 is 2.85 bits per heavy atom. The summed E-state index contributed by atoms with van der Waals surface area (Å²) < 4.78 is 0. The normalized spacial score (nSPS) is 10.1. The second-order valence-corrected chi connectivity index (χ2v) is 3.09. The maximum absolute atomic E-state index is 11.5. The lowest BCUT2D eigenvalue weighted by Crippen LogP contribution is -2.30. The molecule has 0 unspecified atom stereocenters. The monoisotopic (exact) mass is 179 g/mol. The lowest BCUT2D eigenvalue weighted by molar-refractivity contribution is 0.0944. The largest absolute Gasteiger partial charge is 0.397 e. The number of amides is 1. The standard InChI is InChI=1S/C9H13N3O/c1-6(2)12-9(13)7-3-4-11-5-8(7)10/h3-6H,10H2,1-2H3,(H,12,13). The predicted octanol–water partition coefficient (Wildman–Crippen LogP) is 0.802. The van der Waals surface area contributed by atoms with Gasteiger partial charge in [-0.25, -0.2) is 0 Å². The first-order valence-corrected chi connectivity index (χ1v) is 4.11. The number of aromatic nitrogens is 1. The smallest absolute Gasteiger partial charge is 0.253 e. The second kappa shape index (κ2) is 3.89. The quantitative estimate of drug-likeness (QED) is 0.705. The Labute approximate surface area is 77.2 Å². The van der Waals surface area contributed by atoms with Crippen molar-refractivity contribution in [3.63, 3.8) is 0 Å². The van der Waals surface area contributed by atoms with Crippen LogP contribution in [0.2, 0.25) is 0 Å². The summed E-state index contributed by atoms with van der Waals surface area (Å²) in [4.78, 5) is 15.3. The van der Waals surface area contributed by atoms with Crippen LogP contribution in [0.1, 0.15) is 24.2 Å². The summed E-state index contributed by atoms with van der Waals surface area (Å²) in [6, 6.07) is 1.72. The molecule has 1 aromatic heterocycles. The highest BCUT2D eigenvalue weighted by atomic mass is 16.1. The molecule has 4 heteroatoms. The Morgan fingerprint density at radius 2 is 2.31 bits per heavy atom. The molecule has 1 heterocycles. The molecule has 1 rings (SSSR count). The van der Waals surface area contributed by atoms with Gasteiger partial charge in [-0.05, 0) is 19.9 Å². The summed E-state index contributed by atoms with van der Waals surface area (Å²) >= 11 is 0. The highest BCUT2D eigenvalue weighted by molar-refractivity contribution is 5.98. The van der Waals surface area contributed by atoms with Gasteiger partial charge in [0.25, 0.3) is 5.91 Å². The van der Waals surface area contributed by atoms with Gasteiger partial charge in [0.1, 0.15) is 0 Å². The minimum atomic E-state index is -0.157. The molecule has 4 nitrogen and oxygen atoms in total. The van der Waals surface area contributed by atoms with Crippen LogP contribution in [0.4, 0.5) is 5.69 Å². The van der Waals surface area contributed by atoms with Gasteiger partial charge in [-0.1, -0.05) is 0 Å². The van der Waals surface area contributed by atoms with E-state index in [1.54, 1.807) is 12.3 Å². The van der Waals surface area contributed by atoms with Gasteiger partial charge in [0, 0.05) is 12.2 Å². The maximum atomic E-state index is 11.5. The van der Waals surface area contributed by atoms with Crippen molar-refractivity contribution in [3.8, 4) is 0 Å². The molecule has 0 radical (unpaired) electrons. The van der Waals surface area contributed by atoms with Crippen LogP contribution in [0, 0.1) is 0 Å². The van der Waals surface area contributed by atoms with Gasteiger partial charge in [-0.3, -0.25) is 9.78 Å². The number of nitrogens with one attached hydrogen (secondary N) is 1. The van der Waals surface area contributed by atoms with E-state index in [4.69, 9.17) is 5.73 Å². The zero-order chi connectivity index (χ0) is 9.84. The highest BCUT2D eigenvalue weighted by Crippen LogP contribution is 2.07. The predicted molar refractivity (Wildman–Crippen MR) is 51.3 cm³/mol. The van der Waals surface area contributed by atoms with Crippen LogP contribution in [0.25, 0.3) is 0 Å². The van der Waals surface area contributed by atoms with Gasteiger partial charge in [-0.2, -0.15) is 0 Å². The fourth-order valence-corrected chi connectivity index (χ4v) is 0.953. The van der Waals surface area contributed by atoms with Gasteiger partial charge in [-0.15, -0.1) is 0 Å². The molecule has 70 valence electrons. The van der Waals surface area contributed by atoms with Gasteiger partial charge >= 0.3 is 0 Å². The van der Waals surface area contributed by atoms with Gasteiger partial charge in [0.2, 0.25) is 0 Å². The van der Waals surface area contributed by atoms with Gasteiger partial charge < -0.3 is 11.1 Å². The first-order valence-electron chi connectivity index (χ1n) is 4.11. The van der Waals surface area contributed by atoms with Crippen molar-refractivity contribution in [2.24, 2.45) is 0 Å². The van der Waals surface area contributed by atoms with Crippen molar-refractivity contribution < 1.29 is 4.79 Å². The molecule has 0 spiro atoms. The molecular weight excluding hydrogens is 166 g/mol. The molecule has 1 amide bonds. The number of anilines is 1. The topological polar surface area (TPSA) is 68.0 Å². The van der Waals surface area contributed by atoms with Crippen molar-refractivity contribution in [2.45, 2.75) is 19.9 Å². The number of nitrogen functional groups attached to an aromatic ring is 1. The molecule has 0 atom stereocenters. The maximum Gasteiger partial charge on any atom is 0.253 e. The molecule has 0 saturated heterocycles. The molecule has 0 aliphatic rings. The van der Waals surface area contributed by atoms with E-state index in [1.807, 2.05) is 13.8 Å². The molecule has 1 aromatic rings. The van der Waals surface area contributed by atoms with Crippen LogP contribution in [0.15, 0.2) is 18.5 Å². The third-order valence-electron chi connectivity index (χ3n) is 1.52. The average Bonchev–Trinajstić information content (AvgIpc) is 2.03. The zero-order valence-corrected chi connectivity index (χ0v) is 7.74. The van der Waals surface area contributed by atoms with E-state index in [2.05, 4.69) is 10.3 Å². The van der Waals surface area contributed by atoms with Crippen LogP contribution < -0.4 is 11.1 Å². The lowest BCUT2D eigenvalue weighted by atomic mass is 10.2. The van der Waals surface area contributed by atoms with E-state index in [1.165, 1.54) is 6.20 Å². The fraction of sp³-hybridized carbons (Fsp3) is 0.333. The fourth-order valence-electron chi connectivity index (χ4n) is 0.953. The first kappa shape index (κ1) is 9.51.